The van der Waals surface area contributed by atoms with Crippen molar-refractivity contribution in [3.63, 3.8) is 0 Å². The second-order valence-corrected chi connectivity index (χ2v) is 18.1. The molecular formula is C44H57NO11. The summed E-state index contributed by atoms with van der Waals surface area (Å²) >= 11 is 0. The monoisotopic (exact) mass is 775 g/mol. The van der Waals surface area contributed by atoms with E-state index in [4.69, 9.17) is 23.7 Å². The molecule has 6 rings (SSSR count). The number of carbonyl (C=O) groups is 4. The molecule has 1 unspecified atom stereocenters. The Morgan fingerprint density at radius 2 is 1.57 bits per heavy atom. The molecule has 2 bridgehead atoms. The first kappa shape index (κ1) is 41.5. The van der Waals surface area contributed by atoms with Gasteiger partial charge in [0.2, 0.25) is 0 Å². The maximum atomic E-state index is 15.3. The average molecular weight is 776 g/mol. The smallest absolute Gasteiger partial charge is 0.408 e. The Hall–Kier alpha value is -4.10. The lowest BCUT2D eigenvalue weighted by Gasteiger charge is -2.68. The van der Waals surface area contributed by atoms with Gasteiger partial charge in [0, 0.05) is 42.6 Å². The number of amides is 1. The lowest BCUT2D eigenvalue weighted by Crippen LogP contribution is -2.77. The zero-order valence-corrected chi connectivity index (χ0v) is 34.1. The molecule has 56 heavy (non-hydrogen) atoms. The van der Waals surface area contributed by atoms with Crippen LogP contribution in [0.15, 0.2) is 71.8 Å². The predicted octanol–water partition coefficient (Wildman–Crippen LogP) is 5.89. The number of methoxy groups -OCH3 is 1. The van der Waals surface area contributed by atoms with Gasteiger partial charge in [-0.3, -0.25) is 4.79 Å². The fourth-order valence-electron chi connectivity index (χ4n) is 10.4. The number of rotatable bonds is 8. The lowest BCUT2D eigenvalue weighted by molar-refractivity contribution is -0.315. The van der Waals surface area contributed by atoms with E-state index in [-0.39, 0.29) is 30.5 Å². The molecular weight excluding hydrogens is 718 g/mol. The topological polar surface area (TPSA) is 167 Å². The van der Waals surface area contributed by atoms with Gasteiger partial charge < -0.3 is 39.2 Å². The van der Waals surface area contributed by atoms with E-state index in [9.17, 15) is 24.6 Å². The van der Waals surface area contributed by atoms with Gasteiger partial charge in [0.25, 0.3) is 0 Å². The quantitative estimate of drug-likeness (QED) is 0.166. The average Bonchev–Trinajstić information content (AvgIpc) is 3.13. The Morgan fingerprint density at radius 1 is 0.964 bits per heavy atom. The van der Waals surface area contributed by atoms with Crippen LogP contribution in [-0.4, -0.2) is 89.5 Å². The van der Waals surface area contributed by atoms with Crippen molar-refractivity contribution >= 4 is 23.8 Å². The molecule has 1 aliphatic heterocycles. The van der Waals surface area contributed by atoms with Gasteiger partial charge in [0.1, 0.15) is 29.2 Å². The molecule has 2 aromatic carbocycles. The number of benzene rings is 2. The molecule has 3 N–H and O–H groups in total. The highest BCUT2D eigenvalue weighted by Crippen LogP contribution is 2.66. The molecule has 3 aliphatic carbocycles. The third-order valence-electron chi connectivity index (χ3n) is 13.2. The zero-order valence-electron chi connectivity index (χ0n) is 34.1. The van der Waals surface area contributed by atoms with Crippen molar-refractivity contribution in [3.8, 4) is 0 Å². The number of hydrogen-bond acceptors (Lipinski definition) is 11. The summed E-state index contributed by atoms with van der Waals surface area (Å²) in [7, 11) is 1.56. The molecule has 12 heteroatoms. The van der Waals surface area contributed by atoms with Crippen LogP contribution >= 0.6 is 0 Å². The van der Waals surface area contributed by atoms with E-state index in [2.05, 4.69) is 5.32 Å². The molecule has 304 valence electrons. The molecule has 4 aliphatic rings. The van der Waals surface area contributed by atoms with E-state index in [1.807, 2.05) is 27.7 Å². The van der Waals surface area contributed by atoms with Gasteiger partial charge in [0.15, 0.2) is 6.10 Å². The normalized spacial score (nSPS) is 34.6. The van der Waals surface area contributed by atoms with Gasteiger partial charge in [-0.2, -0.15) is 0 Å². The van der Waals surface area contributed by atoms with Gasteiger partial charge in [-0.25, -0.2) is 14.4 Å². The van der Waals surface area contributed by atoms with E-state index in [0.29, 0.717) is 23.1 Å². The van der Waals surface area contributed by atoms with Crippen molar-refractivity contribution in [2.75, 3.05) is 13.7 Å². The summed E-state index contributed by atoms with van der Waals surface area (Å²) in [6.07, 6.45) is -5.99. The van der Waals surface area contributed by atoms with E-state index in [1.165, 1.54) is 0 Å². The number of Topliss-reactive ketones (excluding diaryl/α,β-unsaturated/α-hetero) is 1. The highest BCUT2D eigenvalue weighted by Gasteiger charge is 2.75. The third kappa shape index (κ3) is 6.76. The minimum absolute atomic E-state index is 0.149. The molecule has 0 aromatic heterocycles. The van der Waals surface area contributed by atoms with Crippen LogP contribution < -0.4 is 5.32 Å². The Balaban J connectivity index is 1.46. The first-order chi connectivity index (χ1) is 26.1. The zero-order chi connectivity index (χ0) is 41.2. The molecule has 0 spiro atoms. The van der Waals surface area contributed by atoms with E-state index in [0.717, 1.165) is 0 Å². The van der Waals surface area contributed by atoms with Gasteiger partial charge in [0.05, 0.1) is 35.8 Å². The van der Waals surface area contributed by atoms with Crippen LogP contribution in [-0.2, 0) is 33.3 Å². The first-order valence-corrected chi connectivity index (χ1v) is 19.4. The van der Waals surface area contributed by atoms with Crippen molar-refractivity contribution in [3.05, 3.63) is 82.9 Å². The van der Waals surface area contributed by atoms with Crippen LogP contribution in [0.5, 0.6) is 0 Å². The summed E-state index contributed by atoms with van der Waals surface area (Å²) in [5.41, 5.74) is -4.16. The number of hydrogen-bond donors (Lipinski definition) is 3. The number of alkyl carbamates (subject to hydrolysis) is 1. The third-order valence-corrected chi connectivity index (χ3v) is 13.2. The number of ketones is 1. The molecule has 11 atom stereocenters. The molecule has 1 amide bonds. The molecule has 12 nitrogen and oxygen atoms in total. The molecule has 3 fully saturated rings. The van der Waals surface area contributed by atoms with E-state index in [1.54, 1.807) is 102 Å². The van der Waals surface area contributed by atoms with E-state index < -0.39 is 87.8 Å². The Labute approximate surface area is 329 Å². The summed E-state index contributed by atoms with van der Waals surface area (Å²) in [6, 6.07) is 15.7. The highest BCUT2D eigenvalue weighted by atomic mass is 16.6. The van der Waals surface area contributed by atoms with Crippen LogP contribution in [0, 0.1) is 28.1 Å². The van der Waals surface area contributed by atoms with Crippen molar-refractivity contribution in [1.29, 1.82) is 0 Å². The van der Waals surface area contributed by atoms with Gasteiger partial charge in [-0.05, 0) is 63.5 Å². The Morgan fingerprint density at radius 3 is 2.12 bits per heavy atom. The number of ether oxygens (including phenoxy) is 5. The highest BCUT2D eigenvalue weighted by molar-refractivity contribution is 5.92. The van der Waals surface area contributed by atoms with Gasteiger partial charge in [-0.15, -0.1) is 0 Å². The largest absolute Gasteiger partial charge is 0.456 e. The minimum Gasteiger partial charge on any atom is -0.456 e. The lowest BCUT2D eigenvalue weighted by atomic mass is 9.41. The Bertz CT molecular complexity index is 1870. The number of aliphatic hydroxyl groups is 2. The molecule has 0 radical (unpaired) electrons. The van der Waals surface area contributed by atoms with Crippen LogP contribution in [0.3, 0.4) is 0 Å². The van der Waals surface area contributed by atoms with E-state index >= 15 is 4.79 Å². The summed E-state index contributed by atoms with van der Waals surface area (Å²) in [5, 5.41) is 27.8. The predicted molar refractivity (Wildman–Crippen MR) is 205 cm³/mol. The summed E-state index contributed by atoms with van der Waals surface area (Å²) < 4.78 is 30.3. The van der Waals surface area contributed by atoms with Gasteiger partial charge in [-0.1, -0.05) is 76.2 Å². The number of fused-ring (bicyclic) bond motifs is 5. The van der Waals surface area contributed by atoms with Gasteiger partial charge >= 0.3 is 18.0 Å². The summed E-state index contributed by atoms with van der Waals surface area (Å²) in [5.74, 6) is -3.48. The van der Waals surface area contributed by atoms with Crippen LogP contribution in [0.25, 0.3) is 0 Å². The number of carbonyl (C=O) groups excluding carboxylic acids is 4. The maximum absolute atomic E-state index is 15.3. The summed E-state index contributed by atoms with van der Waals surface area (Å²) in [6.45, 7) is 16.4. The van der Waals surface area contributed by atoms with Crippen LogP contribution in [0.1, 0.15) is 97.1 Å². The number of aliphatic hydroxyl groups excluding tert-OH is 1. The van der Waals surface area contributed by atoms with Crippen molar-refractivity contribution in [1.82, 2.24) is 5.32 Å². The molecule has 1 heterocycles. The Kier molecular flexibility index (Phi) is 10.9. The second kappa shape index (κ2) is 14.7. The van der Waals surface area contributed by atoms with Crippen molar-refractivity contribution in [2.24, 2.45) is 28.1 Å². The molecule has 1 saturated heterocycles. The van der Waals surface area contributed by atoms with Crippen LogP contribution in [0.2, 0.25) is 0 Å². The fraction of sp³-hybridized carbons (Fsp3) is 0.591. The maximum Gasteiger partial charge on any atom is 0.408 e. The molecule has 2 saturated carbocycles. The standard InChI is InChI=1S/C44H57NO11/c1-24-28(54-38(49)33(46)32(26-17-13-11-14-18-26)45-39(50)56-40(3,4)5)22-44(51)36(55-37(48)27-19-15-12-16-20-27)34-42(8)23-53-29(42)21-30(52-10)43(34,9)35(47)25(2)31(24)41(44,6)7/h11-20,25,28-30,32-34,36,46,51H,21-23H2,1-10H3,(H,45,50)/t25-,28+,29-,30+,32+,33-,34?,36+,42-,43-,44-/m1/s1. The van der Waals surface area contributed by atoms with Crippen molar-refractivity contribution in [2.45, 2.75) is 123 Å². The fourth-order valence-corrected chi connectivity index (χ4v) is 10.4. The summed E-state index contributed by atoms with van der Waals surface area (Å²) in [4.78, 5) is 56.5. The SMILES string of the molecule is CO[C@H]1C[C@H]2OC[C@@]2(C)C2[C@H](OC(=O)c3ccccc3)[C@]3(O)C[C@H](OC(=O)[C@H](O)[C@@H](NC(=O)OC(C)(C)C)c4ccccc4)C(C)=C([C@@H](C)C(=O)[C@@]21C)C3(C)C. The minimum atomic E-state index is -1.94. The number of nitrogens with one attached hydrogen (secondary N) is 1. The number of esters is 2. The molecule has 2 aromatic rings. The van der Waals surface area contributed by atoms with Crippen LogP contribution in [0.4, 0.5) is 4.79 Å². The van der Waals surface area contributed by atoms with Crippen molar-refractivity contribution < 1.29 is 53.1 Å². The first-order valence-electron chi connectivity index (χ1n) is 19.4. The second-order valence-electron chi connectivity index (χ2n) is 18.1.